The molecule has 0 aliphatic rings. The number of nitrogens with zero attached hydrogens (tertiary/aromatic N) is 1. The largest absolute Gasteiger partial charge is 0.469 e. The first-order chi connectivity index (χ1) is 10.5. The Bertz CT molecular complexity index is 536. The molecule has 0 saturated heterocycles. The van der Waals surface area contributed by atoms with Crippen molar-refractivity contribution in [1.29, 1.82) is 0 Å². The number of carbonyl (C=O) groups excluding carboxylic acids is 1. The molecule has 122 valence electrons. The van der Waals surface area contributed by atoms with Crippen LogP contribution in [0.25, 0.3) is 0 Å². The number of halogens is 2. The van der Waals surface area contributed by atoms with E-state index >= 15 is 0 Å². The lowest BCUT2D eigenvalue weighted by atomic mass is 10.2. The van der Waals surface area contributed by atoms with Crippen LogP contribution < -0.4 is 10.6 Å². The maximum atomic E-state index is 13.5. The number of esters is 1. The smallest absolute Gasteiger partial charge is 0.310 e. The van der Waals surface area contributed by atoms with Crippen molar-refractivity contribution in [2.24, 2.45) is 10.9 Å². The highest BCUT2D eigenvalue weighted by Crippen LogP contribution is 2.10. The van der Waals surface area contributed by atoms with Gasteiger partial charge in [-0.2, -0.15) is 0 Å². The Morgan fingerprint density at radius 1 is 1.36 bits per heavy atom. The van der Waals surface area contributed by atoms with E-state index in [1.165, 1.54) is 7.11 Å². The van der Waals surface area contributed by atoms with Crippen LogP contribution in [-0.2, 0) is 16.1 Å². The molecule has 22 heavy (non-hydrogen) atoms. The van der Waals surface area contributed by atoms with Gasteiger partial charge in [-0.3, -0.25) is 4.79 Å². The third kappa shape index (κ3) is 5.67. The summed E-state index contributed by atoms with van der Waals surface area (Å²) in [5, 5.41) is 5.93. The Labute approximate surface area is 128 Å². The van der Waals surface area contributed by atoms with Crippen LogP contribution in [-0.4, -0.2) is 32.1 Å². The lowest BCUT2D eigenvalue weighted by molar-refractivity contribution is -0.144. The predicted octanol–water partition coefficient (Wildman–Crippen LogP) is 1.83. The first kappa shape index (κ1) is 17.9. The summed E-state index contributed by atoms with van der Waals surface area (Å²) in [7, 11) is 1.32. The highest BCUT2D eigenvalue weighted by Gasteiger charge is 2.13. The van der Waals surface area contributed by atoms with E-state index in [1.807, 2.05) is 6.92 Å². The van der Waals surface area contributed by atoms with Crippen molar-refractivity contribution in [3.05, 3.63) is 35.4 Å². The van der Waals surface area contributed by atoms with Crippen LogP contribution >= 0.6 is 0 Å². The second-order valence-electron chi connectivity index (χ2n) is 4.74. The molecule has 0 fully saturated rings. The summed E-state index contributed by atoms with van der Waals surface area (Å²) in [5.74, 6) is -1.28. The van der Waals surface area contributed by atoms with Gasteiger partial charge in [-0.15, -0.1) is 0 Å². The lowest BCUT2D eigenvalue weighted by Crippen LogP contribution is -2.40. The molecule has 0 radical (unpaired) electrons. The molecular weight excluding hydrogens is 292 g/mol. The SMILES string of the molecule is CCNC(=NCc1cc(F)ccc1F)NCC(C)C(=O)OC. The number of rotatable bonds is 6. The molecule has 0 bridgehead atoms. The van der Waals surface area contributed by atoms with Crippen LogP contribution in [0.15, 0.2) is 23.2 Å². The summed E-state index contributed by atoms with van der Waals surface area (Å²) in [6.45, 7) is 4.51. The van der Waals surface area contributed by atoms with Crippen molar-refractivity contribution in [3.8, 4) is 0 Å². The van der Waals surface area contributed by atoms with Gasteiger partial charge in [-0.25, -0.2) is 13.8 Å². The molecule has 0 aliphatic carbocycles. The summed E-state index contributed by atoms with van der Waals surface area (Å²) < 4.78 is 31.3. The van der Waals surface area contributed by atoms with Crippen molar-refractivity contribution in [2.45, 2.75) is 20.4 Å². The molecule has 1 aromatic carbocycles. The molecule has 1 atom stereocenters. The molecule has 7 heteroatoms. The standard InChI is InChI=1S/C15H21F2N3O2/c1-4-18-15(19-8-10(2)14(21)22-3)20-9-11-7-12(16)5-6-13(11)17/h5-7,10H,4,8-9H2,1-3H3,(H2,18,19,20). The molecule has 0 aliphatic heterocycles. The van der Waals surface area contributed by atoms with Crippen molar-refractivity contribution in [3.63, 3.8) is 0 Å². The molecule has 2 N–H and O–H groups in total. The molecule has 0 saturated carbocycles. The number of carbonyl (C=O) groups is 1. The fraction of sp³-hybridized carbons (Fsp3) is 0.467. The minimum atomic E-state index is -0.510. The molecule has 1 aromatic rings. The van der Waals surface area contributed by atoms with Crippen LogP contribution in [0, 0.1) is 17.6 Å². The van der Waals surface area contributed by atoms with Gasteiger partial charge in [0, 0.05) is 18.7 Å². The Morgan fingerprint density at radius 3 is 2.73 bits per heavy atom. The van der Waals surface area contributed by atoms with Gasteiger partial charge >= 0.3 is 5.97 Å². The molecule has 5 nitrogen and oxygen atoms in total. The Morgan fingerprint density at radius 2 is 2.09 bits per heavy atom. The second-order valence-corrected chi connectivity index (χ2v) is 4.74. The number of nitrogens with one attached hydrogen (secondary N) is 2. The van der Waals surface area contributed by atoms with E-state index in [-0.39, 0.29) is 24.0 Å². The highest BCUT2D eigenvalue weighted by molar-refractivity contribution is 5.80. The van der Waals surface area contributed by atoms with Crippen molar-refractivity contribution in [2.75, 3.05) is 20.2 Å². The quantitative estimate of drug-likeness (QED) is 0.478. The van der Waals surface area contributed by atoms with Crippen LogP contribution in [0.3, 0.4) is 0 Å². The molecule has 1 unspecified atom stereocenters. The number of benzene rings is 1. The zero-order valence-electron chi connectivity index (χ0n) is 13.0. The topological polar surface area (TPSA) is 62.7 Å². The molecule has 0 aromatic heterocycles. The maximum Gasteiger partial charge on any atom is 0.310 e. The Kier molecular flexibility index (Phi) is 7.28. The number of methoxy groups -OCH3 is 1. The summed E-state index contributed by atoms with van der Waals surface area (Å²) in [6, 6.07) is 3.24. The Balaban J connectivity index is 2.69. The predicted molar refractivity (Wildman–Crippen MR) is 80.4 cm³/mol. The van der Waals surface area contributed by atoms with Gasteiger partial charge in [-0.1, -0.05) is 6.92 Å². The number of guanidine groups is 1. The molecule has 0 spiro atoms. The van der Waals surface area contributed by atoms with Gasteiger partial charge in [0.05, 0.1) is 19.6 Å². The average Bonchev–Trinajstić information content (AvgIpc) is 2.51. The third-order valence-electron chi connectivity index (χ3n) is 2.94. The third-order valence-corrected chi connectivity index (χ3v) is 2.94. The van der Waals surface area contributed by atoms with Crippen molar-refractivity contribution < 1.29 is 18.3 Å². The van der Waals surface area contributed by atoms with E-state index in [4.69, 9.17) is 0 Å². The van der Waals surface area contributed by atoms with Gasteiger partial charge in [0.2, 0.25) is 0 Å². The van der Waals surface area contributed by atoms with E-state index < -0.39 is 11.6 Å². The van der Waals surface area contributed by atoms with Gasteiger partial charge in [0.15, 0.2) is 5.96 Å². The van der Waals surface area contributed by atoms with Crippen LogP contribution in [0.5, 0.6) is 0 Å². The van der Waals surface area contributed by atoms with Crippen LogP contribution in [0.4, 0.5) is 8.78 Å². The summed E-state index contributed by atoms with van der Waals surface area (Å²) >= 11 is 0. The number of ether oxygens (including phenoxy) is 1. The molecular formula is C15H21F2N3O2. The zero-order chi connectivity index (χ0) is 16.5. The Hall–Kier alpha value is -2.18. The summed E-state index contributed by atoms with van der Waals surface area (Å²) in [4.78, 5) is 15.5. The molecule has 0 heterocycles. The van der Waals surface area contributed by atoms with Crippen molar-refractivity contribution >= 4 is 11.9 Å². The lowest BCUT2D eigenvalue weighted by Gasteiger charge is -2.14. The van der Waals surface area contributed by atoms with Crippen LogP contribution in [0.1, 0.15) is 19.4 Å². The highest BCUT2D eigenvalue weighted by atomic mass is 19.1. The minimum absolute atomic E-state index is 0.00840. The fourth-order valence-corrected chi connectivity index (χ4v) is 1.70. The minimum Gasteiger partial charge on any atom is -0.469 e. The summed E-state index contributed by atoms with van der Waals surface area (Å²) in [5.41, 5.74) is 0.165. The van der Waals surface area contributed by atoms with E-state index in [9.17, 15) is 13.6 Å². The first-order valence-corrected chi connectivity index (χ1v) is 7.01. The van der Waals surface area contributed by atoms with E-state index in [0.717, 1.165) is 18.2 Å². The normalized spacial score (nSPS) is 12.7. The van der Waals surface area contributed by atoms with Gasteiger partial charge < -0.3 is 15.4 Å². The first-order valence-electron chi connectivity index (χ1n) is 7.01. The number of hydrogen-bond acceptors (Lipinski definition) is 3. The van der Waals surface area contributed by atoms with Gasteiger partial charge in [0.25, 0.3) is 0 Å². The number of aliphatic imine (C=N–C) groups is 1. The number of hydrogen-bond donors (Lipinski definition) is 2. The van der Waals surface area contributed by atoms with Gasteiger partial charge in [-0.05, 0) is 25.1 Å². The van der Waals surface area contributed by atoms with Crippen LogP contribution in [0.2, 0.25) is 0 Å². The average molecular weight is 313 g/mol. The zero-order valence-corrected chi connectivity index (χ0v) is 13.0. The second kappa shape index (κ2) is 8.96. The van der Waals surface area contributed by atoms with Crippen molar-refractivity contribution in [1.82, 2.24) is 10.6 Å². The fourth-order valence-electron chi connectivity index (χ4n) is 1.70. The van der Waals surface area contributed by atoms with Gasteiger partial charge in [0.1, 0.15) is 11.6 Å². The van der Waals surface area contributed by atoms with E-state index in [1.54, 1.807) is 6.92 Å². The van der Waals surface area contributed by atoms with E-state index in [0.29, 0.717) is 19.0 Å². The van der Waals surface area contributed by atoms with E-state index in [2.05, 4.69) is 20.4 Å². The molecule has 1 rings (SSSR count). The monoisotopic (exact) mass is 313 g/mol. The maximum absolute atomic E-state index is 13.5. The molecule has 0 amide bonds. The summed E-state index contributed by atoms with van der Waals surface area (Å²) in [6.07, 6.45) is 0.